The molecule has 0 aliphatic carbocycles. The molecule has 5 nitrogen and oxygen atoms in total. The number of rotatable bonds is 3. The molecule has 0 amide bonds. The van der Waals surface area contributed by atoms with Gasteiger partial charge in [-0.15, -0.1) is 0 Å². The van der Waals surface area contributed by atoms with Crippen LogP contribution in [0, 0.1) is 6.92 Å². The van der Waals surface area contributed by atoms with E-state index in [-0.39, 0.29) is 18.7 Å². The van der Waals surface area contributed by atoms with Gasteiger partial charge in [0.1, 0.15) is 12.7 Å². The third kappa shape index (κ3) is 3.68. The average molecular weight is 264 g/mol. The zero-order chi connectivity index (χ0) is 13.8. The Hall–Kier alpha value is -1.59. The zero-order valence-corrected chi connectivity index (χ0v) is 11.4. The Morgan fingerprint density at radius 3 is 3.05 bits per heavy atom. The minimum atomic E-state index is -0.358. The molecule has 1 fully saturated rings. The summed E-state index contributed by atoms with van der Waals surface area (Å²) < 4.78 is 10.8. The molecule has 19 heavy (non-hydrogen) atoms. The van der Waals surface area contributed by atoms with Crippen molar-refractivity contribution >= 4 is 11.7 Å². The Morgan fingerprint density at radius 1 is 1.58 bits per heavy atom. The molecule has 0 bridgehead atoms. The Bertz CT molecular complexity index is 462. The van der Waals surface area contributed by atoms with Gasteiger partial charge in [-0.3, -0.25) is 0 Å². The minimum Gasteiger partial charge on any atom is -0.459 e. The van der Waals surface area contributed by atoms with Gasteiger partial charge in [0.2, 0.25) is 0 Å². The number of benzene rings is 1. The number of ether oxygens (including phenoxy) is 2. The lowest BCUT2D eigenvalue weighted by atomic mass is 10.1. The summed E-state index contributed by atoms with van der Waals surface area (Å²) in [6.07, 6.45) is -0.0505. The molecule has 0 aromatic heterocycles. The van der Waals surface area contributed by atoms with Crippen molar-refractivity contribution in [1.29, 1.82) is 0 Å². The molecule has 0 radical (unpaired) electrons. The monoisotopic (exact) mass is 264 g/mol. The minimum absolute atomic E-state index is 0.0505. The number of carbonyl (C=O) groups excluding carboxylic acids is 1. The lowest BCUT2D eigenvalue weighted by Gasteiger charge is -2.29. The zero-order valence-electron chi connectivity index (χ0n) is 11.4. The van der Waals surface area contributed by atoms with Crippen LogP contribution < -0.4 is 5.73 Å². The quantitative estimate of drug-likeness (QED) is 0.653. The highest BCUT2D eigenvalue weighted by molar-refractivity contribution is 5.90. The van der Waals surface area contributed by atoms with Gasteiger partial charge in [-0.25, -0.2) is 4.79 Å². The van der Waals surface area contributed by atoms with Crippen molar-refractivity contribution in [2.24, 2.45) is 0 Å². The molecule has 5 heteroatoms. The van der Waals surface area contributed by atoms with Crippen LogP contribution in [-0.4, -0.2) is 50.3 Å². The van der Waals surface area contributed by atoms with Crippen molar-refractivity contribution in [3.63, 3.8) is 0 Å². The molecular formula is C14H20N2O3. The van der Waals surface area contributed by atoms with Crippen LogP contribution >= 0.6 is 0 Å². The highest BCUT2D eigenvalue weighted by atomic mass is 16.6. The van der Waals surface area contributed by atoms with Gasteiger partial charge >= 0.3 is 5.97 Å². The van der Waals surface area contributed by atoms with Crippen molar-refractivity contribution in [3.05, 3.63) is 29.3 Å². The SMILES string of the molecule is Cc1ccc(C(=O)OCC2CN(C)CCO2)cc1N. The van der Waals surface area contributed by atoms with E-state index < -0.39 is 0 Å². The Kier molecular flexibility index (Phi) is 4.39. The number of esters is 1. The largest absolute Gasteiger partial charge is 0.459 e. The van der Waals surface area contributed by atoms with E-state index in [9.17, 15) is 4.79 Å². The van der Waals surface area contributed by atoms with E-state index in [1.165, 1.54) is 0 Å². The van der Waals surface area contributed by atoms with E-state index in [2.05, 4.69) is 4.90 Å². The molecule has 0 spiro atoms. The molecule has 2 rings (SSSR count). The Morgan fingerprint density at radius 2 is 2.37 bits per heavy atom. The van der Waals surface area contributed by atoms with Crippen LogP contribution in [0.2, 0.25) is 0 Å². The van der Waals surface area contributed by atoms with Gasteiger partial charge < -0.3 is 20.1 Å². The number of likely N-dealkylation sites (N-methyl/N-ethyl adjacent to an activating group) is 1. The first-order valence-electron chi connectivity index (χ1n) is 6.39. The lowest BCUT2D eigenvalue weighted by Crippen LogP contribution is -2.42. The predicted octanol–water partition coefficient (Wildman–Crippen LogP) is 1.06. The van der Waals surface area contributed by atoms with Gasteiger partial charge in [-0.2, -0.15) is 0 Å². The van der Waals surface area contributed by atoms with Gasteiger partial charge in [0.15, 0.2) is 0 Å². The van der Waals surface area contributed by atoms with Crippen molar-refractivity contribution < 1.29 is 14.3 Å². The van der Waals surface area contributed by atoms with Crippen LogP contribution in [0.5, 0.6) is 0 Å². The maximum atomic E-state index is 11.9. The lowest BCUT2D eigenvalue weighted by molar-refractivity contribution is -0.0528. The van der Waals surface area contributed by atoms with Crippen molar-refractivity contribution in [2.45, 2.75) is 13.0 Å². The van der Waals surface area contributed by atoms with Crippen molar-refractivity contribution in [3.8, 4) is 0 Å². The second kappa shape index (κ2) is 6.04. The molecule has 1 aliphatic rings. The van der Waals surface area contributed by atoms with Crippen LogP contribution in [0.3, 0.4) is 0 Å². The third-order valence-corrected chi connectivity index (χ3v) is 3.26. The standard InChI is InChI=1S/C14H20N2O3/c1-10-3-4-11(7-13(10)15)14(17)19-9-12-8-16(2)5-6-18-12/h3-4,7,12H,5-6,8-9,15H2,1-2H3. The molecule has 0 saturated carbocycles. The van der Waals surface area contributed by atoms with E-state index in [1.807, 2.05) is 20.0 Å². The van der Waals surface area contributed by atoms with E-state index in [1.54, 1.807) is 12.1 Å². The van der Waals surface area contributed by atoms with Crippen LogP contribution in [0.1, 0.15) is 15.9 Å². The predicted molar refractivity (Wildman–Crippen MR) is 73.1 cm³/mol. The smallest absolute Gasteiger partial charge is 0.338 e. The summed E-state index contributed by atoms with van der Waals surface area (Å²) in [4.78, 5) is 14.0. The number of morpholine rings is 1. The van der Waals surface area contributed by atoms with Gasteiger partial charge in [-0.1, -0.05) is 6.07 Å². The van der Waals surface area contributed by atoms with Crippen molar-refractivity contribution in [2.75, 3.05) is 39.1 Å². The van der Waals surface area contributed by atoms with Crippen molar-refractivity contribution in [1.82, 2.24) is 4.90 Å². The fourth-order valence-corrected chi connectivity index (χ4v) is 1.99. The molecule has 1 aliphatic heterocycles. The Balaban J connectivity index is 1.88. The summed E-state index contributed by atoms with van der Waals surface area (Å²) in [5, 5.41) is 0. The number of nitrogens with zero attached hydrogens (tertiary/aromatic N) is 1. The third-order valence-electron chi connectivity index (χ3n) is 3.26. The molecule has 1 aromatic carbocycles. The van der Waals surface area contributed by atoms with Crippen LogP contribution in [0.4, 0.5) is 5.69 Å². The maximum absolute atomic E-state index is 11.9. The number of hydrogen-bond donors (Lipinski definition) is 1. The second-order valence-corrected chi connectivity index (χ2v) is 4.92. The second-order valence-electron chi connectivity index (χ2n) is 4.92. The van der Waals surface area contributed by atoms with E-state index in [4.69, 9.17) is 15.2 Å². The van der Waals surface area contributed by atoms with E-state index >= 15 is 0 Å². The number of carbonyl (C=O) groups is 1. The summed E-state index contributed by atoms with van der Waals surface area (Å²) in [5.74, 6) is -0.358. The number of nitrogens with two attached hydrogens (primary N) is 1. The summed E-state index contributed by atoms with van der Waals surface area (Å²) in [6.45, 7) is 4.55. The van der Waals surface area contributed by atoms with E-state index in [0.29, 0.717) is 17.9 Å². The van der Waals surface area contributed by atoms with Gasteiger partial charge in [-0.05, 0) is 31.7 Å². The first kappa shape index (κ1) is 13.8. The first-order valence-corrected chi connectivity index (χ1v) is 6.39. The normalized spacial score (nSPS) is 20.2. The van der Waals surface area contributed by atoms with Crippen LogP contribution in [-0.2, 0) is 9.47 Å². The highest BCUT2D eigenvalue weighted by Crippen LogP contribution is 2.14. The molecule has 2 N–H and O–H groups in total. The number of aryl methyl sites for hydroxylation is 1. The fourth-order valence-electron chi connectivity index (χ4n) is 1.99. The first-order chi connectivity index (χ1) is 9.06. The van der Waals surface area contributed by atoms with Crippen LogP contribution in [0.25, 0.3) is 0 Å². The number of nitrogen functional groups attached to an aromatic ring is 1. The average Bonchev–Trinajstić information content (AvgIpc) is 2.39. The molecule has 1 aromatic rings. The fraction of sp³-hybridized carbons (Fsp3) is 0.500. The Labute approximate surface area is 113 Å². The van der Waals surface area contributed by atoms with Crippen LogP contribution in [0.15, 0.2) is 18.2 Å². The van der Waals surface area contributed by atoms with Gasteiger partial charge in [0.05, 0.1) is 12.2 Å². The maximum Gasteiger partial charge on any atom is 0.338 e. The molecule has 1 saturated heterocycles. The highest BCUT2D eigenvalue weighted by Gasteiger charge is 2.19. The molecule has 1 atom stereocenters. The molecule has 104 valence electrons. The number of anilines is 1. The summed E-state index contributed by atoms with van der Waals surface area (Å²) in [6, 6.07) is 5.18. The summed E-state index contributed by atoms with van der Waals surface area (Å²) in [7, 11) is 2.03. The van der Waals surface area contributed by atoms with E-state index in [0.717, 1.165) is 18.7 Å². The molecular weight excluding hydrogens is 244 g/mol. The summed E-state index contributed by atoms with van der Waals surface area (Å²) in [5.41, 5.74) is 7.81. The molecule has 1 heterocycles. The topological polar surface area (TPSA) is 64.8 Å². The number of hydrogen-bond acceptors (Lipinski definition) is 5. The summed E-state index contributed by atoms with van der Waals surface area (Å²) >= 11 is 0. The van der Waals surface area contributed by atoms with Gasteiger partial charge in [0, 0.05) is 18.8 Å². The molecule has 1 unspecified atom stereocenters. The van der Waals surface area contributed by atoms with Gasteiger partial charge in [0.25, 0.3) is 0 Å².